The van der Waals surface area contributed by atoms with Gasteiger partial charge in [0.2, 0.25) is 0 Å². The van der Waals surface area contributed by atoms with Crippen LogP contribution in [-0.2, 0) is 6.42 Å². The molecule has 0 fully saturated rings. The lowest BCUT2D eigenvalue weighted by Crippen LogP contribution is -2.14. The summed E-state index contributed by atoms with van der Waals surface area (Å²) < 4.78 is 6.00. The van der Waals surface area contributed by atoms with Gasteiger partial charge in [0.05, 0.1) is 11.3 Å². The molecule has 1 aromatic carbocycles. The summed E-state index contributed by atoms with van der Waals surface area (Å²) in [7, 11) is 0. The van der Waals surface area contributed by atoms with Gasteiger partial charge in [-0.3, -0.25) is 4.98 Å². The first-order valence-corrected chi connectivity index (χ1v) is 7.08. The molecule has 0 saturated heterocycles. The molecule has 110 valence electrons. The normalized spacial score (nSPS) is 10.4. The molecule has 4 nitrogen and oxygen atoms in total. The molecule has 0 aliphatic carbocycles. The molecule has 0 atom stereocenters. The van der Waals surface area contributed by atoms with Crippen molar-refractivity contribution in [1.82, 2.24) is 4.98 Å². The second kappa shape index (κ2) is 6.65. The highest BCUT2D eigenvalue weighted by atomic mass is 32.1. The molecule has 0 saturated carbocycles. The van der Waals surface area contributed by atoms with Gasteiger partial charge in [0.25, 0.3) is 0 Å². The van der Waals surface area contributed by atoms with Crippen LogP contribution < -0.4 is 10.5 Å². The van der Waals surface area contributed by atoms with Crippen LogP contribution in [0.5, 0.6) is 11.5 Å². The van der Waals surface area contributed by atoms with E-state index in [4.69, 9.17) is 27.8 Å². The third kappa shape index (κ3) is 3.56. The predicted molar refractivity (Wildman–Crippen MR) is 86.9 cm³/mol. The summed E-state index contributed by atoms with van der Waals surface area (Å²) in [6.07, 6.45) is 0.529. The highest BCUT2D eigenvalue weighted by Gasteiger charge is 2.14. The largest absolute Gasteiger partial charge is 0.456 e. The van der Waals surface area contributed by atoms with E-state index in [0.29, 0.717) is 23.5 Å². The molecule has 1 aromatic heterocycles. The van der Waals surface area contributed by atoms with Gasteiger partial charge in [0.1, 0.15) is 16.5 Å². The second-order valence-electron chi connectivity index (χ2n) is 4.77. The van der Waals surface area contributed by atoms with Crippen molar-refractivity contribution in [2.45, 2.75) is 20.3 Å². The number of thiocarbonyl (C=S) groups is 1. The van der Waals surface area contributed by atoms with E-state index < -0.39 is 0 Å². The van der Waals surface area contributed by atoms with Crippen molar-refractivity contribution in [3.05, 3.63) is 52.8 Å². The van der Waals surface area contributed by atoms with Gasteiger partial charge in [-0.2, -0.15) is 0 Å². The molecular formula is C16H18N2O2S. The van der Waals surface area contributed by atoms with Crippen LogP contribution >= 0.6 is 12.2 Å². The van der Waals surface area contributed by atoms with E-state index in [0.717, 1.165) is 17.0 Å². The minimum Gasteiger partial charge on any atom is -0.456 e. The van der Waals surface area contributed by atoms with E-state index in [1.807, 2.05) is 44.2 Å². The van der Waals surface area contributed by atoms with Crippen LogP contribution in [0.4, 0.5) is 0 Å². The average Bonchev–Trinajstić information content (AvgIpc) is 2.40. The van der Waals surface area contributed by atoms with E-state index in [1.54, 1.807) is 0 Å². The minimum absolute atomic E-state index is 0.0664. The summed E-state index contributed by atoms with van der Waals surface area (Å²) in [4.78, 5) is 4.63. The Balaban J connectivity index is 2.47. The van der Waals surface area contributed by atoms with Gasteiger partial charge in [-0.15, -0.1) is 0 Å². The van der Waals surface area contributed by atoms with Gasteiger partial charge in [-0.25, -0.2) is 0 Å². The van der Waals surface area contributed by atoms with Crippen molar-refractivity contribution < 1.29 is 9.84 Å². The molecule has 2 aromatic rings. The number of hydrogen-bond acceptors (Lipinski definition) is 4. The Morgan fingerprint density at radius 2 is 2.00 bits per heavy atom. The third-order valence-electron chi connectivity index (χ3n) is 3.11. The SMILES string of the molecule is Cc1cc(Oc2ccccc2CCO)c(C(N)=S)c(C)n1. The van der Waals surface area contributed by atoms with Crippen molar-refractivity contribution in [1.29, 1.82) is 0 Å². The molecule has 1 heterocycles. The molecule has 0 aliphatic rings. The maximum atomic E-state index is 9.13. The fourth-order valence-corrected chi connectivity index (χ4v) is 2.47. The van der Waals surface area contributed by atoms with E-state index in [9.17, 15) is 0 Å². The first-order valence-electron chi connectivity index (χ1n) is 6.67. The second-order valence-corrected chi connectivity index (χ2v) is 5.21. The summed E-state index contributed by atoms with van der Waals surface area (Å²) in [5.74, 6) is 1.28. The number of pyridine rings is 1. The fraction of sp³-hybridized carbons (Fsp3) is 0.250. The quantitative estimate of drug-likeness (QED) is 0.831. The lowest BCUT2D eigenvalue weighted by Gasteiger charge is -2.15. The zero-order valence-corrected chi connectivity index (χ0v) is 12.9. The number of aliphatic hydroxyl groups is 1. The molecule has 0 radical (unpaired) electrons. The number of hydrogen-bond donors (Lipinski definition) is 2. The topological polar surface area (TPSA) is 68.4 Å². The number of nitrogens with zero attached hydrogens (tertiary/aromatic N) is 1. The van der Waals surface area contributed by atoms with Gasteiger partial charge in [0.15, 0.2) is 0 Å². The molecule has 21 heavy (non-hydrogen) atoms. The fourth-order valence-electron chi connectivity index (χ4n) is 2.22. The molecule has 0 aliphatic heterocycles. The maximum absolute atomic E-state index is 9.13. The highest BCUT2D eigenvalue weighted by molar-refractivity contribution is 7.80. The van der Waals surface area contributed by atoms with Gasteiger partial charge in [-0.1, -0.05) is 30.4 Å². The summed E-state index contributed by atoms with van der Waals surface area (Å²) >= 11 is 5.10. The van der Waals surface area contributed by atoms with Gasteiger partial charge in [-0.05, 0) is 31.9 Å². The van der Waals surface area contributed by atoms with Gasteiger partial charge < -0.3 is 15.6 Å². The van der Waals surface area contributed by atoms with Crippen LogP contribution in [0.1, 0.15) is 22.5 Å². The number of ether oxygens (including phenoxy) is 1. The number of aryl methyl sites for hydroxylation is 2. The lowest BCUT2D eigenvalue weighted by molar-refractivity contribution is 0.298. The van der Waals surface area contributed by atoms with Crippen LogP contribution in [-0.4, -0.2) is 21.7 Å². The minimum atomic E-state index is 0.0664. The van der Waals surface area contributed by atoms with Crippen molar-refractivity contribution in [3.8, 4) is 11.5 Å². The summed E-state index contributed by atoms with van der Waals surface area (Å²) in [6.45, 7) is 3.81. The number of benzene rings is 1. The Labute approximate surface area is 129 Å². The predicted octanol–water partition coefficient (Wildman–Crippen LogP) is 2.66. The molecule has 2 rings (SSSR count). The third-order valence-corrected chi connectivity index (χ3v) is 3.32. The van der Waals surface area contributed by atoms with E-state index in [1.165, 1.54) is 0 Å². The van der Waals surface area contributed by atoms with Crippen LogP contribution in [0.15, 0.2) is 30.3 Å². The monoisotopic (exact) mass is 302 g/mol. The Morgan fingerprint density at radius 3 is 2.67 bits per heavy atom. The first kappa shape index (κ1) is 15.4. The van der Waals surface area contributed by atoms with Crippen molar-refractivity contribution in [2.75, 3.05) is 6.61 Å². The Morgan fingerprint density at radius 1 is 1.29 bits per heavy atom. The molecule has 0 unspecified atom stereocenters. The zero-order valence-electron chi connectivity index (χ0n) is 12.1. The molecule has 3 N–H and O–H groups in total. The summed E-state index contributed by atoms with van der Waals surface area (Å²) in [5.41, 5.74) is 8.95. The highest BCUT2D eigenvalue weighted by Crippen LogP contribution is 2.30. The molecule has 0 bridgehead atoms. The molecule has 0 amide bonds. The molecular weight excluding hydrogens is 284 g/mol. The first-order chi connectivity index (χ1) is 10.0. The standard InChI is InChI=1S/C16H18N2O2S/c1-10-9-14(15(16(17)21)11(2)18-10)20-13-6-4-3-5-12(13)7-8-19/h3-6,9,19H,7-8H2,1-2H3,(H2,17,21). The van der Waals surface area contributed by atoms with Crippen LogP contribution in [0.25, 0.3) is 0 Å². The number of rotatable bonds is 5. The van der Waals surface area contributed by atoms with Crippen LogP contribution in [0.3, 0.4) is 0 Å². The lowest BCUT2D eigenvalue weighted by atomic mass is 10.1. The number of para-hydroxylation sites is 1. The molecule has 5 heteroatoms. The van der Waals surface area contributed by atoms with Crippen LogP contribution in [0, 0.1) is 13.8 Å². The van der Waals surface area contributed by atoms with Crippen molar-refractivity contribution in [2.24, 2.45) is 5.73 Å². The van der Waals surface area contributed by atoms with E-state index in [2.05, 4.69) is 4.98 Å². The Bertz CT molecular complexity index is 671. The van der Waals surface area contributed by atoms with Crippen molar-refractivity contribution in [3.63, 3.8) is 0 Å². The molecule has 0 spiro atoms. The van der Waals surface area contributed by atoms with Crippen LogP contribution in [0.2, 0.25) is 0 Å². The smallest absolute Gasteiger partial charge is 0.141 e. The Kier molecular flexibility index (Phi) is 4.88. The van der Waals surface area contributed by atoms with E-state index in [-0.39, 0.29) is 11.6 Å². The maximum Gasteiger partial charge on any atom is 0.141 e. The van der Waals surface area contributed by atoms with E-state index >= 15 is 0 Å². The zero-order chi connectivity index (χ0) is 15.4. The number of aliphatic hydroxyl groups excluding tert-OH is 1. The summed E-state index contributed by atoms with van der Waals surface area (Å²) in [5, 5.41) is 9.13. The van der Waals surface area contributed by atoms with Crippen molar-refractivity contribution >= 4 is 17.2 Å². The average molecular weight is 302 g/mol. The van der Waals surface area contributed by atoms with Gasteiger partial charge >= 0.3 is 0 Å². The number of nitrogens with two attached hydrogens (primary N) is 1. The number of aromatic nitrogens is 1. The van der Waals surface area contributed by atoms with Gasteiger partial charge in [0, 0.05) is 18.4 Å². The summed E-state index contributed by atoms with van der Waals surface area (Å²) in [6, 6.07) is 9.40. The Hall–Kier alpha value is -1.98.